The summed E-state index contributed by atoms with van der Waals surface area (Å²) in [6.07, 6.45) is -0.631. The molecule has 0 aliphatic carbocycles. The van der Waals surface area contributed by atoms with Gasteiger partial charge in [-0.3, -0.25) is 10.2 Å². The van der Waals surface area contributed by atoms with Crippen LogP contribution in [-0.2, 0) is 16.1 Å². The number of carbonyl (C=O) groups excluding carboxylic acids is 2. The Morgan fingerprint density at radius 2 is 1.81 bits per heavy atom. The second-order valence-electron chi connectivity index (χ2n) is 5.76. The SMILES string of the molecule is COC(=O)N[C@H](C(=O)NNCc1ccccc1)C(C)(C)C. The number of hydrogen-bond acceptors (Lipinski definition) is 4. The lowest BCUT2D eigenvalue weighted by molar-refractivity contribution is -0.126. The Morgan fingerprint density at radius 3 is 2.33 bits per heavy atom. The van der Waals surface area contributed by atoms with E-state index in [0.717, 1.165) is 5.56 Å². The van der Waals surface area contributed by atoms with Crippen LogP contribution < -0.4 is 16.2 Å². The van der Waals surface area contributed by atoms with Gasteiger partial charge in [0.25, 0.3) is 5.91 Å². The molecule has 1 atom stereocenters. The molecule has 0 aromatic heterocycles. The quantitative estimate of drug-likeness (QED) is 0.720. The van der Waals surface area contributed by atoms with Gasteiger partial charge in [-0.2, -0.15) is 0 Å². The van der Waals surface area contributed by atoms with E-state index in [1.807, 2.05) is 51.1 Å². The van der Waals surface area contributed by atoms with E-state index in [-0.39, 0.29) is 5.91 Å². The highest BCUT2D eigenvalue weighted by Crippen LogP contribution is 2.19. The van der Waals surface area contributed by atoms with Crippen molar-refractivity contribution in [1.82, 2.24) is 16.2 Å². The van der Waals surface area contributed by atoms with Crippen LogP contribution in [0.15, 0.2) is 30.3 Å². The van der Waals surface area contributed by atoms with E-state index in [2.05, 4.69) is 20.9 Å². The lowest BCUT2D eigenvalue weighted by Gasteiger charge is -2.29. The molecular weight excluding hydrogens is 270 g/mol. The summed E-state index contributed by atoms with van der Waals surface area (Å²) in [7, 11) is 1.26. The van der Waals surface area contributed by atoms with Gasteiger partial charge in [-0.25, -0.2) is 10.2 Å². The van der Waals surface area contributed by atoms with Gasteiger partial charge in [0.15, 0.2) is 0 Å². The molecule has 1 aromatic carbocycles. The molecule has 6 nitrogen and oxygen atoms in total. The molecule has 3 N–H and O–H groups in total. The van der Waals surface area contributed by atoms with Gasteiger partial charge in [0.05, 0.1) is 7.11 Å². The van der Waals surface area contributed by atoms with Gasteiger partial charge in [-0.15, -0.1) is 0 Å². The molecule has 1 aromatic rings. The zero-order valence-electron chi connectivity index (χ0n) is 12.9. The average molecular weight is 293 g/mol. The molecule has 2 amide bonds. The van der Waals surface area contributed by atoms with Crippen molar-refractivity contribution in [2.75, 3.05) is 7.11 Å². The lowest BCUT2D eigenvalue weighted by Crippen LogP contribution is -2.56. The molecular formula is C15H23N3O3. The van der Waals surface area contributed by atoms with Crippen molar-refractivity contribution in [1.29, 1.82) is 0 Å². The van der Waals surface area contributed by atoms with E-state index in [0.29, 0.717) is 6.54 Å². The molecule has 21 heavy (non-hydrogen) atoms. The lowest BCUT2D eigenvalue weighted by atomic mass is 9.86. The topological polar surface area (TPSA) is 79.5 Å². The highest BCUT2D eigenvalue weighted by molar-refractivity contribution is 5.86. The van der Waals surface area contributed by atoms with Gasteiger partial charge in [0.1, 0.15) is 6.04 Å². The van der Waals surface area contributed by atoms with E-state index in [1.54, 1.807) is 0 Å². The van der Waals surface area contributed by atoms with Gasteiger partial charge < -0.3 is 10.1 Å². The fourth-order valence-electron chi connectivity index (χ4n) is 1.75. The predicted molar refractivity (Wildman–Crippen MR) is 80.2 cm³/mol. The van der Waals surface area contributed by atoms with E-state index in [4.69, 9.17) is 0 Å². The van der Waals surface area contributed by atoms with Gasteiger partial charge >= 0.3 is 6.09 Å². The van der Waals surface area contributed by atoms with Crippen molar-refractivity contribution in [2.24, 2.45) is 5.41 Å². The Bertz CT molecular complexity index is 469. The summed E-state index contributed by atoms with van der Waals surface area (Å²) in [4.78, 5) is 23.5. The Kier molecular flexibility index (Phi) is 6.17. The van der Waals surface area contributed by atoms with Crippen LogP contribution in [0.2, 0.25) is 0 Å². The summed E-state index contributed by atoms with van der Waals surface area (Å²) < 4.78 is 4.55. The fourth-order valence-corrected chi connectivity index (χ4v) is 1.75. The number of hydrogen-bond donors (Lipinski definition) is 3. The van der Waals surface area contributed by atoms with Crippen LogP contribution in [0, 0.1) is 5.41 Å². The molecule has 0 aliphatic rings. The van der Waals surface area contributed by atoms with E-state index < -0.39 is 17.6 Å². The van der Waals surface area contributed by atoms with Crippen LogP contribution in [0.4, 0.5) is 4.79 Å². The number of nitrogens with one attached hydrogen (secondary N) is 3. The number of methoxy groups -OCH3 is 1. The zero-order valence-corrected chi connectivity index (χ0v) is 12.9. The minimum absolute atomic E-state index is 0.316. The van der Waals surface area contributed by atoms with Crippen LogP contribution in [0.1, 0.15) is 26.3 Å². The Hall–Kier alpha value is -2.08. The fraction of sp³-hybridized carbons (Fsp3) is 0.467. The van der Waals surface area contributed by atoms with Crippen LogP contribution in [0.3, 0.4) is 0 Å². The number of amides is 2. The van der Waals surface area contributed by atoms with Gasteiger partial charge in [0.2, 0.25) is 0 Å². The van der Waals surface area contributed by atoms with Crippen molar-refractivity contribution >= 4 is 12.0 Å². The first-order valence-corrected chi connectivity index (χ1v) is 6.75. The zero-order chi connectivity index (χ0) is 15.9. The first kappa shape index (κ1) is 17.0. The molecule has 0 spiro atoms. The third kappa shape index (κ3) is 5.83. The maximum absolute atomic E-state index is 12.2. The number of alkyl carbamates (subject to hydrolysis) is 1. The first-order valence-electron chi connectivity index (χ1n) is 6.75. The van der Waals surface area contributed by atoms with Crippen molar-refractivity contribution in [3.63, 3.8) is 0 Å². The Morgan fingerprint density at radius 1 is 1.19 bits per heavy atom. The first-order chi connectivity index (χ1) is 9.84. The van der Waals surface area contributed by atoms with Gasteiger partial charge in [0, 0.05) is 6.54 Å². The predicted octanol–water partition coefficient (Wildman–Crippen LogP) is 1.58. The van der Waals surface area contributed by atoms with Crippen molar-refractivity contribution in [3.8, 4) is 0 Å². The third-order valence-corrected chi connectivity index (χ3v) is 2.92. The smallest absolute Gasteiger partial charge is 0.407 e. The van der Waals surface area contributed by atoms with E-state index in [1.165, 1.54) is 7.11 Å². The minimum Gasteiger partial charge on any atom is -0.453 e. The number of hydrazine groups is 1. The summed E-state index contributed by atoms with van der Waals surface area (Å²) in [5.41, 5.74) is 6.07. The third-order valence-electron chi connectivity index (χ3n) is 2.92. The Balaban J connectivity index is 2.54. The summed E-state index contributed by atoms with van der Waals surface area (Å²) >= 11 is 0. The molecule has 0 fully saturated rings. The van der Waals surface area contributed by atoms with Gasteiger partial charge in [-0.1, -0.05) is 51.1 Å². The summed E-state index contributed by atoms with van der Waals surface area (Å²) in [5, 5.41) is 2.54. The molecule has 0 aliphatic heterocycles. The molecule has 0 saturated heterocycles. The molecule has 116 valence electrons. The standard InChI is InChI=1S/C15H23N3O3/c1-15(2,3)12(17-14(20)21-4)13(19)18-16-10-11-8-6-5-7-9-11/h5-9,12,16H,10H2,1-4H3,(H,17,20)(H,18,19)/t12-/m1/s1. The largest absolute Gasteiger partial charge is 0.453 e. The number of carbonyl (C=O) groups is 2. The maximum Gasteiger partial charge on any atom is 0.407 e. The molecule has 0 unspecified atom stereocenters. The normalized spacial score (nSPS) is 12.4. The van der Waals surface area contributed by atoms with E-state index in [9.17, 15) is 9.59 Å². The highest BCUT2D eigenvalue weighted by atomic mass is 16.5. The van der Waals surface area contributed by atoms with Crippen LogP contribution in [-0.4, -0.2) is 25.2 Å². The van der Waals surface area contributed by atoms with Crippen LogP contribution in [0.25, 0.3) is 0 Å². The van der Waals surface area contributed by atoms with Gasteiger partial charge in [-0.05, 0) is 11.0 Å². The molecule has 0 saturated carbocycles. The summed E-state index contributed by atoms with van der Waals surface area (Å²) in [6.45, 7) is 6.10. The monoisotopic (exact) mass is 293 g/mol. The van der Waals surface area contributed by atoms with Crippen molar-refractivity contribution in [3.05, 3.63) is 35.9 Å². The molecule has 0 bridgehead atoms. The van der Waals surface area contributed by atoms with E-state index >= 15 is 0 Å². The van der Waals surface area contributed by atoms with Crippen molar-refractivity contribution in [2.45, 2.75) is 33.4 Å². The second kappa shape index (κ2) is 7.64. The van der Waals surface area contributed by atoms with Crippen LogP contribution in [0.5, 0.6) is 0 Å². The molecule has 0 radical (unpaired) electrons. The number of benzene rings is 1. The Labute approximate surface area is 125 Å². The molecule has 6 heteroatoms. The number of ether oxygens (including phenoxy) is 1. The highest BCUT2D eigenvalue weighted by Gasteiger charge is 2.33. The summed E-state index contributed by atoms with van der Waals surface area (Å²) in [5.74, 6) is -0.316. The second-order valence-corrected chi connectivity index (χ2v) is 5.76. The molecule has 0 heterocycles. The maximum atomic E-state index is 12.2. The van der Waals surface area contributed by atoms with Crippen LogP contribution >= 0.6 is 0 Å². The molecule has 1 rings (SSSR count). The van der Waals surface area contributed by atoms with Crippen molar-refractivity contribution < 1.29 is 14.3 Å². The average Bonchev–Trinajstić information content (AvgIpc) is 2.44. The number of rotatable bonds is 5. The summed E-state index contributed by atoms with van der Waals surface area (Å²) in [6, 6.07) is 8.98. The minimum atomic E-state index is -0.701.